The highest BCUT2D eigenvalue weighted by Gasteiger charge is 2.20. The second-order valence-corrected chi connectivity index (χ2v) is 4.08. The summed E-state index contributed by atoms with van der Waals surface area (Å²) in [5.74, 6) is 0. The van der Waals surface area contributed by atoms with Gasteiger partial charge in [-0.1, -0.05) is 12.1 Å². The van der Waals surface area contributed by atoms with Crippen LogP contribution in [0.1, 0.15) is 5.56 Å². The first kappa shape index (κ1) is 11.7. The van der Waals surface area contributed by atoms with E-state index in [1.54, 1.807) is 0 Å². The van der Waals surface area contributed by atoms with Crippen molar-refractivity contribution in [1.29, 1.82) is 0 Å². The van der Waals surface area contributed by atoms with Gasteiger partial charge in [0.25, 0.3) is 0 Å². The van der Waals surface area contributed by atoms with Gasteiger partial charge >= 0.3 is 6.09 Å². The third kappa shape index (κ3) is 2.68. The fraction of sp³-hybridized carbons (Fsp3) is 0.417. The minimum Gasteiger partial charge on any atom is -0.465 e. The molecule has 1 heterocycles. The van der Waals surface area contributed by atoms with E-state index in [2.05, 4.69) is 4.90 Å². The predicted octanol–water partition coefficient (Wildman–Crippen LogP) is 0.979. The summed E-state index contributed by atoms with van der Waals surface area (Å²) in [5.41, 5.74) is 1.96. The van der Waals surface area contributed by atoms with E-state index < -0.39 is 6.09 Å². The highest BCUT2D eigenvalue weighted by molar-refractivity contribution is 5.65. The monoisotopic (exact) mass is 236 g/mol. The Hall–Kier alpha value is -1.75. The molecule has 0 aliphatic carbocycles. The molecule has 1 aliphatic heterocycles. The van der Waals surface area contributed by atoms with Gasteiger partial charge in [0.05, 0.1) is 6.61 Å². The Morgan fingerprint density at radius 2 is 1.71 bits per heavy atom. The van der Waals surface area contributed by atoms with Crippen LogP contribution in [0.4, 0.5) is 10.5 Å². The van der Waals surface area contributed by atoms with Gasteiger partial charge in [-0.2, -0.15) is 0 Å². The molecule has 0 radical (unpaired) electrons. The Morgan fingerprint density at radius 1 is 1.12 bits per heavy atom. The van der Waals surface area contributed by atoms with Crippen molar-refractivity contribution < 1.29 is 15.0 Å². The zero-order valence-corrected chi connectivity index (χ0v) is 9.54. The van der Waals surface area contributed by atoms with Crippen molar-refractivity contribution in [2.45, 2.75) is 6.61 Å². The number of nitrogens with zero attached hydrogens (tertiary/aromatic N) is 2. The van der Waals surface area contributed by atoms with Gasteiger partial charge in [-0.05, 0) is 17.7 Å². The fourth-order valence-electron chi connectivity index (χ4n) is 1.97. The number of hydrogen-bond donors (Lipinski definition) is 2. The summed E-state index contributed by atoms with van der Waals surface area (Å²) in [5, 5.41) is 17.8. The molecule has 0 atom stereocenters. The molecule has 5 heteroatoms. The topological polar surface area (TPSA) is 64.0 Å². The molecule has 1 aromatic rings. The molecular formula is C12H16N2O3. The maximum atomic E-state index is 10.8. The van der Waals surface area contributed by atoms with E-state index in [1.807, 2.05) is 24.3 Å². The summed E-state index contributed by atoms with van der Waals surface area (Å²) in [6.45, 7) is 2.55. The predicted molar refractivity (Wildman–Crippen MR) is 64.2 cm³/mol. The van der Waals surface area contributed by atoms with Gasteiger partial charge in [0.15, 0.2) is 0 Å². The third-order valence-electron chi connectivity index (χ3n) is 3.03. The number of hydrogen-bond acceptors (Lipinski definition) is 3. The Labute approximate surface area is 99.9 Å². The number of aliphatic hydroxyl groups is 1. The quantitative estimate of drug-likeness (QED) is 0.803. The number of aliphatic hydroxyl groups excluding tert-OH is 1. The van der Waals surface area contributed by atoms with E-state index in [4.69, 9.17) is 10.2 Å². The van der Waals surface area contributed by atoms with E-state index in [-0.39, 0.29) is 6.61 Å². The average Bonchev–Trinajstić information content (AvgIpc) is 2.39. The first-order chi connectivity index (χ1) is 8.20. The van der Waals surface area contributed by atoms with Crippen LogP contribution >= 0.6 is 0 Å². The lowest BCUT2D eigenvalue weighted by Crippen LogP contribution is -2.48. The first-order valence-electron chi connectivity index (χ1n) is 5.63. The third-order valence-corrected chi connectivity index (χ3v) is 3.03. The van der Waals surface area contributed by atoms with Gasteiger partial charge in [0, 0.05) is 31.9 Å². The Kier molecular flexibility index (Phi) is 3.49. The molecule has 1 aliphatic rings. The molecule has 92 valence electrons. The van der Waals surface area contributed by atoms with E-state index in [9.17, 15) is 4.79 Å². The van der Waals surface area contributed by atoms with Crippen molar-refractivity contribution in [2.75, 3.05) is 31.1 Å². The maximum Gasteiger partial charge on any atom is 0.407 e. The summed E-state index contributed by atoms with van der Waals surface area (Å²) in [6.07, 6.45) is -0.847. The van der Waals surface area contributed by atoms with Crippen molar-refractivity contribution in [3.05, 3.63) is 29.8 Å². The number of piperazine rings is 1. The molecule has 1 aromatic carbocycles. The van der Waals surface area contributed by atoms with E-state index in [0.29, 0.717) is 26.2 Å². The van der Waals surface area contributed by atoms with Crippen LogP contribution < -0.4 is 4.90 Å². The molecule has 0 bridgehead atoms. The van der Waals surface area contributed by atoms with Crippen molar-refractivity contribution in [2.24, 2.45) is 0 Å². The van der Waals surface area contributed by atoms with Gasteiger partial charge in [-0.25, -0.2) is 4.79 Å². The minimum atomic E-state index is -0.847. The smallest absolute Gasteiger partial charge is 0.407 e. The molecule has 17 heavy (non-hydrogen) atoms. The van der Waals surface area contributed by atoms with Crippen LogP contribution in [0, 0.1) is 0 Å². The largest absolute Gasteiger partial charge is 0.465 e. The molecule has 2 N–H and O–H groups in total. The lowest BCUT2D eigenvalue weighted by molar-refractivity contribution is 0.142. The number of rotatable bonds is 2. The van der Waals surface area contributed by atoms with Crippen molar-refractivity contribution >= 4 is 11.8 Å². The van der Waals surface area contributed by atoms with Gasteiger partial charge in [0.1, 0.15) is 0 Å². The summed E-state index contributed by atoms with van der Waals surface area (Å²) in [7, 11) is 0. The highest BCUT2D eigenvalue weighted by atomic mass is 16.4. The van der Waals surface area contributed by atoms with Gasteiger partial charge < -0.3 is 20.0 Å². The Bertz CT molecular complexity index is 383. The molecule has 0 spiro atoms. The standard InChI is InChI=1S/C12H16N2O3/c15-9-10-1-3-11(4-2-10)13-5-7-14(8-6-13)12(16)17/h1-4,15H,5-9H2,(H,16,17). The fourth-order valence-corrected chi connectivity index (χ4v) is 1.97. The lowest BCUT2D eigenvalue weighted by Gasteiger charge is -2.34. The van der Waals surface area contributed by atoms with E-state index in [1.165, 1.54) is 4.90 Å². The zero-order valence-electron chi connectivity index (χ0n) is 9.54. The molecule has 1 amide bonds. The molecule has 0 aromatic heterocycles. The number of benzene rings is 1. The molecule has 2 rings (SSSR count). The number of carboxylic acid groups (broad SMARTS) is 1. The maximum absolute atomic E-state index is 10.8. The molecule has 1 saturated heterocycles. The summed E-state index contributed by atoms with van der Waals surface area (Å²) in [4.78, 5) is 14.3. The molecular weight excluding hydrogens is 220 g/mol. The van der Waals surface area contributed by atoms with Crippen LogP contribution in [0.15, 0.2) is 24.3 Å². The minimum absolute atomic E-state index is 0.0487. The van der Waals surface area contributed by atoms with Gasteiger partial charge in [-0.15, -0.1) is 0 Å². The second-order valence-electron chi connectivity index (χ2n) is 4.08. The summed E-state index contributed by atoms with van der Waals surface area (Å²) < 4.78 is 0. The normalized spacial score (nSPS) is 16.1. The molecule has 0 saturated carbocycles. The van der Waals surface area contributed by atoms with E-state index >= 15 is 0 Å². The van der Waals surface area contributed by atoms with Crippen molar-refractivity contribution in [3.8, 4) is 0 Å². The second kappa shape index (κ2) is 5.05. The zero-order chi connectivity index (χ0) is 12.3. The highest BCUT2D eigenvalue weighted by Crippen LogP contribution is 2.17. The number of amides is 1. The molecule has 1 fully saturated rings. The van der Waals surface area contributed by atoms with E-state index in [0.717, 1.165) is 11.3 Å². The van der Waals surface area contributed by atoms with Crippen molar-refractivity contribution in [3.63, 3.8) is 0 Å². The average molecular weight is 236 g/mol. The summed E-state index contributed by atoms with van der Waals surface area (Å²) >= 11 is 0. The van der Waals surface area contributed by atoms with Crippen LogP contribution in [0.2, 0.25) is 0 Å². The van der Waals surface area contributed by atoms with Crippen LogP contribution in [0.25, 0.3) is 0 Å². The van der Waals surface area contributed by atoms with Crippen LogP contribution in [-0.2, 0) is 6.61 Å². The van der Waals surface area contributed by atoms with Crippen LogP contribution in [0.5, 0.6) is 0 Å². The Balaban J connectivity index is 1.97. The van der Waals surface area contributed by atoms with Crippen molar-refractivity contribution in [1.82, 2.24) is 4.90 Å². The number of anilines is 1. The number of carbonyl (C=O) groups is 1. The Morgan fingerprint density at radius 3 is 2.18 bits per heavy atom. The SMILES string of the molecule is O=C(O)N1CCN(c2ccc(CO)cc2)CC1. The van der Waals surface area contributed by atoms with Gasteiger partial charge in [-0.3, -0.25) is 0 Å². The lowest BCUT2D eigenvalue weighted by atomic mass is 10.2. The molecule has 0 unspecified atom stereocenters. The van der Waals surface area contributed by atoms with Crippen LogP contribution in [-0.4, -0.2) is 47.4 Å². The summed E-state index contributed by atoms with van der Waals surface area (Å²) in [6, 6.07) is 7.70. The van der Waals surface area contributed by atoms with Gasteiger partial charge in [0.2, 0.25) is 0 Å². The first-order valence-corrected chi connectivity index (χ1v) is 5.63. The van der Waals surface area contributed by atoms with Crippen LogP contribution in [0.3, 0.4) is 0 Å². The molecule has 5 nitrogen and oxygen atoms in total.